The number of anilines is 1. The van der Waals surface area contributed by atoms with Gasteiger partial charge in [0.05, 0.1) is 5.69 Å². The molecule has 0 aliphatic rings. The van der Waals surface area contributed by atoms with E-state index >= 15 is 0 Å². The second-order valence-electron chi connectivity index (χ2n) is 2.20. The summed E-state index contributed by atoms with van der Waals surface area (Å²) in [6.45, 7) is 3.58. The second-order valence-corrected chi connectivity index (χ2v) is 2.20. The Morgan fingerprint density at radius 2 is 2.27 bits per heavy atom. The SMILES string of the molecule is C=Cc1cccc(NC)c1O. The highest BCUT2D eigenvalue weighted by molar-refractivity contribution is 5.67. The first kappa shape index (κ1) is 7.66. The van der Waals surface area contributed by atoms with Gasteiger partial charge in [-0.15, -0.1) is 0 Å². The van der Waals surface area contributed by atoms with Gasteiger partial charge < -0.3 is 10.4 Å². The maximum absolute atomic E-state index is 9.46. The van der Waals surface area contributed by atoms with Gasteiger partial charge in [0.15, 0.2) is 0 Å². The lowest BCUT2D eigenvalue weighted by Crippen LogP contribution is -1.88. The van der Waals surface area contributed by atoms with Crippen LogP contribution in [0, 0.1) is 0 Å². The van der Waals surface area contributed by atoms with Crippen molar-refractivity contribution in [2.45, 2.75) is 0 Å². The summed E-state index contributed by atoms with van der Waals surface area (Å²) in [4.78, 5) is 0. The average Bonchev–Trinajstić information content (AvgIpc) is 2.05. The summed E-state index contributed by atoms with van der Waals surface area (Å²) in [5.74, 6) is 0.255. The second kappa shape index (κ2) is 3.10. The Bertz CT molecular complexity index is 268. The molecule has 58 valence electrons. The van der Waals surface area contributed by atoms with Crippen molar-refractivity contribution < 1.29 is 5.11 Å². The van der Waals surface area contributed by atoms with Crippen LogP contribution in [0.2, 0.25) is 0 Å². The van der Waals surface area contributed by atoms with Crippen molar-refractivity contribution in [3.05, 3.63) is 30.3 Å². The van der Waals surface area contributed by atoms with Crippen LogP contribution in [-0.2, 0) is 0 Å². The first-order valence-corrected chi connectivity index (χ1v) is 3.41. The fourth-order valence-electron chi connectivity index (χ4n) is 0.928. The van der Waals surface area contributed by atoms with Crippen molar-refractivity contribution in [1.82, 2.24) is 0 Å². The minimum absolute atomic E-state index is 0.255. The van der Waals surface area contributed by atoms with E-state index in [0.717, 1.165) is 11.3 Å². The molecule has 0 aliphatic heterocycles. The molecule has 0 aromatic heterocycles. The van der Waals surface area contributed by atoms with E-state index in [1.165, 1.54) is 0 Å². The highest BCUT2D eigenvalue weighted by atomic mass is 16.3. The molecule has 0 bridgehead atoms. The van der Waals surface area contributed by atoms with E-state index in [-0.39, 0.29) is 5.75 Å². The first-order valence-electron chi connectivity index (χ1n) is 3.41. The van der Waals surface area contributed by atoms with Crippen molar-refractivity contribution in [1.29, 1.82) is 0 Å². The maximum atomic E-state index is 9.46. The quantitative estimate of drug-likeness (QED) is 0.631. The first-order chi connectivity index (χ1) is 5.29. The van der Waals surface area contributed by atoms with Crippen LogP contribution in [-0.4, -0.2) is 12.2 Å². The van der Waals surface area contributed by atoms with E-state index < -0.39 is 0 Å². The fraction of sp³-hybridized carbons (Fsp3) is 0.111. The largest absolute Gasteiger partial charge is 0.505 e. The molecule has 1 aromatic carbocycles. The van der Waals surface area contributed by atoms with Crippen LogP contribution in [0.1, 0.15) is 5.56 Å². The molecule has 2 N–H and O–H groups in total. The van der Waals surface area contributed by atoms with Gasteiger partial charge in [-0.3, -0.25) is 0 Å². The Balaban J connectivity index is 3.20. The Kier molecular flexibility index (Phi) is 2.16. The van der Waals surface area contributed by atoms with Gasteiger partial charge in [0.25, 0.3) is 0 Å². The highest BCUT2D eigenvalue weighted by Crippen LogP contribution is 2.27. The van der Waals surface area contributed by atoms with Gasteiger partial charge in [-0.2, -0.15) is 0 Å². The summed E-state index contributed by atoms with van der Waals surface area (Å²) in [5.41, 5.74) is 1.47. The summed E-state index contributed by atoms with van der Waals surface area (Å²) in [7, 11) is 1.77. The Morgan fingerprint density at radius 1 is 1.55 bits per heavy atom. The molecule has 2 heteroatoms. The number of phenols is 1. The molecule has 0 amide bonds. The number of nitrogens with one attached hydrogen (secondary N) is 1. The zero-order chi connectivity index (χ0) is 8.27. The molecule has 0 unspecified atom stereocenters. The number of hydrogen-bond donors (Lipinski definition) is 2. The molecule has 0 saturated heterocycles. The Hall–Kier alpha value is -1.44. The molecule has 0 aliphatic carbocycles. The molecule has 11 heavy (non-hydrogen) atoms. The van der Waals surface area contributed by atoms with Crippen molar-refractivity contribution in [2.24, 2.45) is 0 Å². The van der Waals surface area contributed by atoms with E-state index in [1.54, 1.807) is 13.1 Å². The maximum Gasteiger partial charge on any atom is 0.145 e. The van der Waals surface area contributed by atoms with Crippen LogP contribution >= 0.6 is 0 Å². The van der Waals surface area contributed by atoms with Crippen LogP contribution in [0.15, 0.2) is 24.8 Å². The molecular formula is C9H11NO. The molecule has 0 spiro atoms. The van der Waals surface area contributed by atoms with Gasteiger partial charge in [0.1, 0.15) is 5.75 Å². The predicted octanol–water partition coefficient (Wildman–Crippen LogP) is 2.08. The zero-order valence-electron chi connectivity index (χ0n) is 6.46. The number of hydrogen-bond acceptors (Lipinski definition) is 2. The van der Waals surface area contributed by atoms with E-state index in [1.807, 2.05) is 18.2 Å². The molecule has 0 atom stereocenters. The van der Waals surface area contributed by atoms with E-state index in [2.05, 4.69) is 11.9 Å². The van der Waals surface area contributed by atoms with Crippen molar-refractivity contribution in [3.8, 4) is 5.75 Å². The van der Waals surface area contributed by atoms with E-state index in [4.69, 9.17) is 0 Å². The smallest absolute Gasteiger partial charge is 0.145 e. The summed E-state index contributed by atoms with van der Waals surface area (Å²) in [6.07, 6.45) is 1.62. The van der Waals surface area contributed by atoms with Gasteiger partial charge in [-0.25, -0.2) is 0 Å². The molecule has 1 rings (SSSR count). The van der Waals surface area contributed by atoms with Gasteiger partial charge >= 0.3 is 0 Å². The van der Waals surface area contributed by atoms with Gasteiger partial charge in [-0.05, 0) is 6.07 Å². The Labute approximate surface area is 66.2 Å². The topological polar surface area (TPSA) is 32.3 Å². The van der Waals surface area contributed by atoms with Gasteiger partial charge in [0.2, 0.25) is 0 Å². The van der Waals surface area contributed by atoms with Crippen LogP contribution in [0.5, 0.6) is 5.75 Å². The van der Waals surface area contributed by atoms with Crippen LogP contribution in [0.4, 0.5) is 5.69 Å². The third kappa shape index (κ3) is 1.34. The van der Waals surface area contributed by atoms with Crippen LogP contribution < -0.4 is 5.32 Å². The summed E-state index contributed by atoms with van der Waals surface area (Å²) in [6, 6.07) is 5.48. The number of aromatic hydroxyl groups is 1. The normalized spacial score (nSPS) is 9.18. The van der Waals surface area contributed by atoms with Gasteiger partial charge in [-0.1, -0.05) is 24.8 Å². The highest BCUT2D eigenvalue weighted by Gasteiger charge is 2.00. The van der Waals surface area contributed by atoms with Crippen molar-refractivity contribution in [3.63, 3.8) is 0 Å². The number of benzene rings is 1. The standard InChI is InChI=1S/C9H11NO/c1-3-7-5-4-6-8(10-2)9(7)11/h3-6,10-11H,1H2,2H3. The number of rotatable bonds is 2. The molecule has 1 aromatic rings. The lowest BCUT2D eigenvalue weighted by atomic mass is 10.2. The minimum atomic E-state index is 0.255. The lowest BCUT2D eigenvalue weighted by Gasteiger charge is -2.04. The predicted molar refractivity (Wildman–Crippen MR) is 47.7 cm³/mol. The van der Waals surface area contributed by atoms with E-state index in [9.17, 15) is 5.11 Å². The lowest BCUT2D eigenvalue weighted by molar-refractivity contribution is 0.476. The van der Waals surface area contributed by atoms with Crippen LogP contribution in [0.3, 0.4) is 0 Å². The molecule has 0 heterocycles. The van der Waals surface area contributed by atoms with E-state index in [0.29, 0.717) is 0 Å². The van der Waals surface area contributed by atoms with Crippen LogP contribution in [0.25, 0.3) is 6.08 Å². The zero-order valence-corrected chi connectivity index (χ0v) is 6.46. The number of para-hydroxylation sites is 1. The third-order valence-corrected chi connectivity index (χ3v) is 1.56. The van der Waals surface area contributed by atoms with Crippen molar-refractivity contribution >= 4 is 11.8 Å². The molecule has 0 saturated carbocycles. The molecule has 0 fully saturated rings. The summed E-state index contributed by atoms with van der Waals surface area (Å²) in [5, 5.41) is 12.3. The molecule has 0 radical (unpaired) electrons. The minimum Gasteiger partial charge on any atom is -0.505 e. The monoisotopic (exact) mass is 149 g/mol. The summed E-state index contributed by atoms with van der Waals surface area (Å²) >= 11 is 0. The van der Waals surface area contributed by atoms with Crippen molar-refractivity contribution in [2.75, 3.05) is 12.4 Å². The molecular weight excluding hydrogens is 138 g/mol. The summed E-state index contributed by atoms with van der Waals surface area (Å²) < 4.78 is 0. The molecule has 2 nitrogen and oxygen atoms in total. The number of phenolic OH excluding ortho intramolecular Hbond substituents is 1. The third-order valence-electron chi connectivity index (χ3n) is 1.56. The fourth-order valence-corrected chi connectivity index (χ4v) is 0.928. The Morgan fingerprint density at radius 3 is 2.82 bits per heavy atom. The van der Waals surface area contributed by atoms with Gasteiger partial charge in [0, 0.05) is 12.6 Å². The average molecular weight is 149 g/mol.